The van der Waals surface area contributed by atoms with E-state index in [0.717, 1.165) is 10.9 Å². The minimum Gasteiger partial charge on any atom is -0.493 e. The molecule has 1 aromatic carbocycles. The number of aromatic nitrogens is 1. The molecule has 20 heavy (non-hydrogen) atoms. The molecule has 0 saturated carbocycles. The smallest absolute Gasteiger partial charge is 0.452 e. The van der Waals surface area contributed by atoms with Crippen LogP contribution in [0.2, 0.25) is 0 Å². The highest BCUT2D eigenvalue weighted by molar-refractivity contribution is 5.95. The summed E-state index contributed by atoms with van der Waals surface area (Å²) >= 11 is 0. The Kier molecular flexibility index (Phi) is 4.02. The Hall–Kier alpha value is -2.37. The lowest BCUT2D eigenvalue weighted by Crippen LogP contribution is -2.03. The predicted molar refractivity (Wildman–Crippen MR) is 75.4 cm³/mol. The maximum Gasteiger partial charge on any atom is 0.452 e. The van der Waals surface area contributed by atoms with Crippen molar-refractivity contribution in [2.24, 2.45) is 16.1 Å². The van der Waals surface area contributed by atoms with Crippen molar-refractivity contribution in [1.29, 1.82) is 0 Å². The zero-order chi connectivity index (χ0) is 14.7. The van der Waals surface area contributed by atoms with Crippen molar-refractivity contribution in [2.45, 2.75) is 20.4 Å². The predicted octanol–water partition coefficient (Wildman–Crippen LogP) is 3.85. The van der Waals surface area contributed by atoms with Gasteiger partial charge in [0.2, 0.25) is 5.88 Å². The summed E-state index contributed by atoms with van der Waals surface area (Å²) in [7, 11) is 1.23. The van der Waals surface area contributed by atoms with Crippen LogP contribution in [0.4, 0.5) is 10.5 Å². The molecule has 0 fully saturated rings. The number of hydrogen-bond donors (Lipinski definition) is 1. The summed E-state index contributed by atoms with van der Waals surface area (Å²) < 4.78 is 6.18. The lowest BCUT2D eigenvalue weighted by atomic mass is 10.2. The molecule has 6 nitrogen and oxygen atoms in total. The summed E-state index contributed by atoms with van der Waals surface area (Å²) in [5, 5.41) is 18.3. The second kappa shape index (κ2) is 5.73. The van der Waals surface area contributed by atoms with Crippen LogP contribution in [0.5, 0.6) is 5.88 Å². The van der Waals surface area contributed by atoms with Crippen LogP contribution in [0.1, 0.15) is 13.8 Å². The Morgan fingerprint density at radius 1 is 1.40 bits per heavy atom. The SMILES string of the molecule is COC(=O)N=Nc1c(O)n(CC(C)C)c2ccccc12. The number of para-hydroxylation sites is 1. The van der Waals surface area contributed by atoms with Crippen LogP contribution in [0.15, 0.2) is 34.5 Å². The fourth-order valence-corrected chi connectivity index (χ4v) is 2.05. The van der Waals surface area contributed by atoms with Crippen LogP contribution in [0.25, 0.3) is 10.9 Å². The third kappa shape index (κ3) is 2.64. The van der Waals surface area contributed by atoms with Crippen molar-refractivity contribution < 1.29 is 14.6 Å². The Bertz CT molecular complexity index is 659. The van der Waals surface area contributed by atoms with Crippen LogP contribution >= 0.6 is 0 Å². The summed E-state index contributed by atoms with van der Waals surface area (Å²) in [6.45, 7) is 4.77. The van der Waals surface area contributed by atoms with Gasteiger partial charge in [-0.15, -0.1) is 5.11 Å². The van der Waals surface area contributed by atoms with E-state index in [9.17, 15) is 9.90 Å². The van der Waals surface area contributed by atoms with Gasteiger partial charge < -0.3 is 14.4 Å². The lowest BCUT2D eigenvalue weighted by Gasteiger charge is -2.09. The molecule has 0 bridgehead atoms. The number of aromatic hydroxyl groups is 1. The van der Waals surface area contributed by atoms with Gasteiger partial charge in [-0.1, -0.05) is 37.2 Å². The quantitative estimate of drug-likeness (QED) is 0.864. The minimum absolute atomic E-state index is 0.00699. The highest BCUT2D eigenvalue weighted by Crippen LogP contribution is 2.39. The topological polar surface area (TPSA) is 76.2 Å². The normalized spacial score (nSPS) is 11.6. The summed E-state index contributed by atoms with van der Waals surface area (Å²) in [5.41, 5.74) is 1.14. The first-order chi connectivity index (χ1) is 9.54. The lowest BCUT2D eigenvalue weighted by molar-refractivity contribution is 0.181. The maximum atomic E-state index is 11.0. The number of rotatable bonds is 3. The third-order valence-electron chi connectivity index (χ3n) is 2.87. The van der Waals surface area contributed by atoms with Crippen LogP contribution in [-0.4, -0.2) is 22.9 Å². The van der Waals surface area contributed by atoms with E-state index in [-0.39, 0.29) is 11.6 Å². The van der Waals surface area contributed by atoms with Gasteiger partial charge >= 0.3 is 6.09 Å². The second-order valence-electron chi connectivity index (χ2n) is 4.86. The van der Waals surface area contributed by atoms with E-state index in [1.165, 1.54) is 7.11 Å². The van der Waals surface area contributed by atoms with Crippen LogP contribution < -0.4 is 0 Å². The fourth-order valence-electron chi connectivity index (χ4n) is 2.05. The van der Waals surface area contributed by atoms with Crippen molar-refractivity contribution in [2.75, 3.05) is 7.11 Å². The van der Waals surface area contributed by atoms with E-state index in [1.54, 1.807) is 4.57 Å². The largest absolute Gasteiger partial charge is 0.493 e. The van der Waals surface area contributed by atoms with E-state index in [0.29, 0.717) is 12.5 Å². The molecule has 0 saturated heterocycles. The van der Waals surface area contributed by atoms with Crippen molar-refractivity contribution >= 4 is 22.7 Å². The molecule has 0 radical (unpaired) electrons. The van der Waals surface area contributed by atoms with E-state index < -0.39 is 6.09 Å². The van der Waals surface area contributed by atoms with Gasteiger partial charge in [0.1, 0.15) is 0 Å². The molecule has 0 aliphatic carbocycles. The van der Waals surface area contributed by atoms with Crippen molar-refractivity contribution in [3.8, 4) is 5.88 Å². The number of amides is 1. The number of nitrogens with zero attached hydrogens (tertiary/aromatic N) is 3. The van der Waals surface area contributed by atoms with E-state index in [4.69, 9.17) is 0 Å². The highest BCUT2D eigenvalue weighted by atomic mass is 16.5. The van der Waals surface area contributed by atoms with E-state index >= 15 is 0 Å². The molecule has 0 spiro atoms. The second-order valence-corrected chi connectivity index (χ2v) is 4.86. The van der Waals surface area contributed by atoms with Crippen LogP contribution in [-0.2, 0) is 11.3 Å². The molecule has 0 aliphatic rings. The molecule has 0 aliphatic heterocycles. The number of hydrogen-bond acceptors (Lipinski definition) is 4. The average molecular weight is 275 g/mol. The molecule has 0 atom stereocenters. The number of azo groups is 1. The molecule has 106 valence electrons. The molecule has 0 unspecified atom stereocenters. The van der Waals surface area contributed by atoms with Crippen molar-refractivity contribution in [1.82, 2.24) is 4.57 Å². The summed E-state index contributed by atoms with van der Waals surface area (Å²) in [6, 6.07) is 7.46. The third-order valence-corrected chi connectivity index (χ3v) is 2.87. The molecular formula is C14H17N3O3. The Morgan fingerprint density at radius 3 is 2.75 bits per heavy atom. The zero-order valence-electron chi connectivity index (χ0n) is 11.7. The van der Waals surface area contributed by atoms with Crippen molar-refractivity contribution in [3.05, 3.63) is 24.3 Å². The summed E-state index contributed by atoms with van der Waals surface area (Å²) in [4.78, 5) is 11.0. The van der Waals surface area contributed by atoms with Gasteiger partial charge in [-0.25, -0.2) is 4.79 Å². The van der Waals surface area contributed by atoms with Crippen LogP contribution in [0.3, 0.4) is 0 Å². The first kappa shape index (κ1) is 14.0. The number of ether oxygens (including phenoxy) is 1. The number of carbonyl (C=O) groups is 1. The number of carbonyl (C=O) groups excluding carboxylic acids is 1. The first-order valence-electron chi connectivity index (χ1n) is 6.34. The Morgan fingerprint density at radius 2 is 2.10 bits per heavy atom. The van der Waals surface area contributed by atoms with Gasteiger partial charge in [-0.05, 0) is 12.0 Å². The molecule has 2 aromatic rings. The minimum atomic E-state index is -0.801. The van der Waals surface area contributed by atoms with Gasteiger partial charge in [0.15, 0.2) is 5.69 Å². The summed E-state index contributed by atoms with van der Waals surface area (Å²) in [6.07, 6.45) is -0.801. The summed E-state index contributed by atoms with van der Waals surface area (Å²) in [5.74, 6) is 0.370. The average Bonchev–Trinajstić information content (AvgIpc) is 2.69. The number of methoxy groups -OCH3 is 1. The zero-order valence-corrected chi connectivity index (χ0v) is 11.7. The van der Waals surface area contributed by atoms with E-state index in [2.05, 4.69) is 28.8 Å². The fraction of sp³-hybridized carbons (Fsp3) is 0.357. The number of benzene rings is 1. The monoisotopic (exact) mass is 275 g/mol. The number of fused-ring (bicyclic) bond motifs is 1. The van der Waals surface area contributed by atoms with Gasteiger partial charge in [-0.2, -0.15) is 0 Å². The molecule has 2 rings (SSSR count). The van der Waals surface area contributed by atoms with Gasteiger partial charge in [0.25, 0.3) is 0 Å². The van der Waals surface area contributed by atoms with Gasteiger partial charge in [0, 0.05) is 11.9 Å². The Labute approximate surface area is 116 Å². The maximum absolute atomic E-state index is 11.0. The highest BCUT2D eigenvalue weighted by Gasteiger charge is 2.17. The standard InChI is InChI=1S/C14H17N3O3/c1-9(2)8-17-11-7-5-4-6-10(11)12(13(17)18)15-16-14(19)20-3/h4-7,9,18H,8H2,1-3H3. The first-order valence-corrected chi connectivity index (χ1v) is 6.34. The molecule has 1 N–H and O–H groups in total. The van der Waals surface area contributed by atoms with Gasteiger partial charge in [-0.3, -0.25) is 0 Å². The Balaban J connectivity index is 2.56. The van der Waals surface area contributed by atoms with Crippen molar-refractivity contribution in [3.63, 3.8) is 0 Å². The molecule has 1 heterocycles. The van der Waals surface area contributed by atoms with E-state index in [1.807, 2.05) is 24.3 Å². The molecule has 1 amide bonds. The van der Waals surface area contributed by atoms with Crippen LogP contribution in [0, 0.1) is 5.92 Å². The molecular weight excluding hydrogens is 258 g/mol. The van der Waals surface area contributed by atoms with Gasteiger partial charge in [0.05, 0.1) is 12.6 Å². The molecule has 6 heteroatoms. The molecule has 1 aromatic heterocycles.